The van der Waals surface area contributed by atoms with Crippen molar-refractivity contribution in [2.45, 2.75) is 19.8 Å². The third-order valence-electron chi connectivity index (χ3n) is 3.38. The van der Waals surface area contributed by atoms with Crippen molar-refractivity contribution >= 4 is 17.9 Å². The van der Waals surface area contributed by atoms with Gasteiger partial charge in [0.1, 0.15) is 11.6 Å². The van der Waals surface area contributed by atoms with E-state index >= 15 is 0 Å². The standard InChI is InChI=1S/C17H16ClFO2/c1-10(2)13-8-15(18)17(21-3)16(14(13)9-20)11-4-6-12(19)7-5-11/h4-10H,1-3H3. The zero-order chi connectivity index (χ0) is 15.6. The Labute approximate surface area is 128 Å². The van der Waals surface area contributed by atoms with Gasteiger partial charge in [0.15, 0.2) is 6.29 Å². The first kappa shape index (κ1) is 15.5. The van der Waals surface area contributed by atoms with Crippen LogP contribution in [-0.2, 0) is 0 Å². The maximum Gasteiger partial charge on any atom is 0.151 e. The molecule has 0 spiro atoms. The van der Waals surface area contributed by atoms with E-state index in [1.54, 1.807) is 18.2 Å². The molecule has 0 heterocycles. The summed E-state index contributed by atoms with van der Waals surface area (Å²) in [6.45, 7) is 3.97. The van der Waals surface area contributed by atoms with Gasteiger partial charge in [-0.25, -0.2) is 4.39 Å². The van der Waals surface area contributed by atoms with Crippen LogP contribution in [0.4, 0.5) is 4.39 Å². The Kier molecular flexibility index (Phi) is 4.63. The van der Waals surface area contributed by atoms with Crippen molar-refractivity contribution in [3.63, 3.8) is 0 Å². The minimum absolute atomic E-state index is 0.132. The number of carbonyl (C=O) groups excluding carboxylic acids is 1. The van der Waals surface area contributed by atoms with E-state index in [-0.39, 0.29) is 11.7 Å². The minimum Gasteiger partial charge on any atom is -0.495 e. The minimum atomic E-state index is -0.337. The van der Waals surface area contributed by atoms with Gasteiger partial charge in [-0.15, -0.1) is 0 Å². The highest BCUT2D eigenvalue weighted by atomic mass is 35.5. The number of aldehydes is 1. The third kappa shape index (κ3) is 2.93. The lowest BCUT2D eigenvalue weighted by Gasteiger charge is -2.18. The molecule has 4 heteroatoms. The number of hydrogen-bond donors (Lipinski definition) is 0. The zero-order valence-corrected chi connectivity index (χ0v) is 12.9. The van der Waals surface area contributed by atoms with Crippen molar-refractivity contribution in [1.82, 2.24) is 0 Å². The van der Waals surface area contributed by atoms with E-state index in [1.807, 2.05) is 13.8 Å². The van der Waals surface area contributed by atoms with Crippen molar-refractivity contribution in [2.24, 2.45) is 0 Å². The second kappa shape index (κ2) is 6.27. The molecule has 2 aromatic carbocycles. The van der Waals surface area contributed by atoms with Crippen molar-refractivity contribution in [3.05, 3.63) is 52.3 Å². The van der Waals surface area contributed by atoms with E-state index < -0.39 is 0 Å². The van der Waals surface area contributed by atoms with Gasteiger partial charge in [0.2, 0.25) is 0 Å². The Balaban J connectivity index is 2.82. The third-order valence-corrected chi connectivity index (χ3v) is 3.66. The average Bonchev–Trinajstić information content (AvgIpc) is 2.46. The Morgan fingerprint density at radius 3 is 2.33 bits per heavy atom. The zero-order valence-electron chi connectivity index (χ0n) is 12.1. The van der Waals surface area contributed by atoms with Gasteiger partial charge in [-0.1, -0.05) is 37.6 Å². The molecule has 0 unspecified atom stereocenters. The van der Waals surface area contributed by atoms with Crippen molar-refractivity contribution < 1.29 is 13.9 Å². The first-order chi connectivity index (χ1) is 9.99. The van der Waals surface area contributed by atoms with Crippen LogP contribution in [0, 0.1) is 5.82 Å². The topological polar surface area (TPSA) is 26.3 Å². The summed E-state index contributed by atoms with van der Waals surface area (Å²) in [5, 5.41) is 0.436. The molecule has 0 aliphatic rings. The smallest absolute Gasteiger partial charge is 0.151 e. The highest BCUT2D eigenvalue weighted by molar-refractivity contribution is 6.33. The van der Waals surface area contributed by atoms with Crippen LogP contribution in [0.5, 0.6) is 5.75 Å². The first-order valence-corrected chi connectivity index (χ1v) is 6.98. The molecule has 0 atom stereocenters. The van der Waals surface area contributed by atoms with Gasteiger partial charge in [-0.3, -0.25) is 4.79 Å². The summed E-state index contributed by atoms with van der Waals surface area (Å²) in [6.07, 6.45) is 0.798. The summed E-state index contributed by atoms with van der Waals surface area (Å²) in [5.41, 5.74) is 2.66. The van der Waals surface area contributed by atoms with Crippen LogP contribution in [0.3, 0.4) is 0 Å². The SMILES string of the molecule is COc1c(Cl)cc(C(C)C)c(C=O)c1-c1ccc(F)cc1. The summed E-state index contributed by atoms with van der Waals surface area (Å²) in [6, 6.07) is 7.67. The summed E-state index contributed by atoms with van der Waals surface area (Å²) in [7, 11) is 1.50. The fourth-order valence-electron chi connectivity index (χ4n) is 2.37. The van der Waals surface area contributed by atoms with Crippen LogP contribution in [0.25, 0.3) is 11.1 Å². The van der Waals surface area contributed by atoms with E-state index in [1.165, 1.54) is 19.2 Å². The Hall–Kier alpha value is -1.87. The molecule has 0 saturated carbocycles. The van der Waals surface area contributed by atoms with Crippen molar-refractivity contribution in [1.29, 1.82) is 0 Å². The lowest BCUT2D eigenvalue weighted by atomic mass is 9.90. The Morgan fingerprint density at radius 1 is 1.24 bits per heavy atom. The molecular formula is C17H16ClFO2. The predicted molar refractivity (Wildman–Crippen MR) is 82.9 cm³/mol. The fourth-order valence-corrected chi connectivity index (χ4v) is 2.66. The molecule has 21 heavy (non-hydrogen) atoms. The molecule has 0 amide bonds. The second-order valence-corrected chi connectivity index (χ2v) is 5.46. The van der Waals surface area contributed by atoms with E-state index in [2.05, 4.69) is 0 Å². The van der Waals surface area contributed by atoms with Gasteiger partial charge in [0.25, 0.3) is 0 Å². The molecule has 2 nitrogen and oxygen atoms in total. The normalized spacial score (nSPS) is 10.8. The quantitative estimate of drug-likeness (QED) is 0.735. The van der Waals surface area contributed by atoms with Gasteiger partial charge in [0.05, 0.1) is 12.1 Å². The van der Waals surface area contributed by atoms with Gasteiger partial charge in [-0.05, 0) is 35.2 Å². The van der Waals surface area contributed by atoms with Gasteiger partial charge >= 0.3 is 0 Å². The van der Waals surface area contributed by atoms with Crippen LogP contribution in [0.2, 0.25) is 5.02 Å². The molecule has 0 fully saturated rings. The maximum absolute atomic E-state index is 13.1. The van der Waals surface area contributed by atoms with Crippen molar-refractivity contribution in [2.75, 3.05) is 7.11 Å². The van der Waals surface area contributed by atoms with Gasteiger partial charge in [-0.2, -0.15) is 0 Å². The van der Waals surface area contributed by atoms with Crippen LogP contribution >= 0.6 is 11.6 Å². The summed E-state index contributed by atoms with van der Waals surface area (Å²) in [4.78, 5) is 11.6. The number of ether oxygens (including phenoxy) is 1. The highest BCUT2D eigenvalue weighted by Crippen LogP contribution is 2.42. The van der Waals surface area contributed by atoms with E-state index in [0.29, 0.717) is 27.5 Å². The number of rotatable bonds is 4. The van der Waals surface area contributed by atoms with E-state index in [9.17, 15) is 9.18 Å². The molecule has 0 radical (unpaired) electrons. The molecule has 0 saturated heterocycles. The van der Waals surface area contributed by atoms with Gasteiger partial charge < -0.3 is 4.74 Å². The first-order valence-electron chi connectivity index (χ1n) is 6.61. The van der Waals surface area contributed by atoms with Crippen LogP contribution < -0.4 is 4.74 Å². The molecule has 2 aromatic rings. The average molecular weight is 307 g/mol. The van der Waals surface area contributed by atoms with Crippen LogP contribution in [0.15, 0.2) is 30.3 Å². The highest BCUT2D eigenvalue weighted by Gasteiger charge is 2.20. The van der Waals surface area contributed by atoms with Crippen molar-refractivity contribution in [3.8, 4) is 16.9 Å². The number of hydrogen-bond acceptors (Lipinski definition) is 2. The predicted octanol–water partition coefficient (Wildman–Crippen LogP) is 5.09. The lowest BCUT2D eigenvalue weighted by Crippen LogP contribution is -2.02. The summed E-state index contributed by atoms with van der Waals surface area (Å²) in [5.74, 6) is 0.221. The molecule has 0 aliphatic heterocycles. The molecule has 110 valence electrons. The monoisotopic (exact) mass is 306 g/mol. The molecule has 2 rings (SSSR count). The van der Waals surface area contributed by atoms with Gasteiger partial charge in [0, 0.05) is 11.1 Å². The fraction of sp³-hybridized carbons (Fsp3) is 0.235. The number of methoxy groups -OCH3 is 1. The lowest BCUT2D eigenvalue weighted by molar-refractivity contribution is 0.112. The number of benzene rings is 2. The maximum atomic E-state index is 13.1. The largest absolute Gasteiger partial charge is 0.495 e. The summed E-state index contributed by atoms with van der Waals surface area (Å²) < 4.78 is 18.5. The molecule has 0 bridgehead atoms. The molecule has 0 aliphatic carbocycles. The molecular weight excluding hydrogens is 291 g/mol. The molecule has 0 aromatic heterocycles. The Bertz CT molecular complexity index is 663. The second-order valence-electron chi connectivity index (χ2n) is 5.05. The van der Waals surface area contributed by atoms with E-state index in [0.717, 1.165) is 11.8 Å². The summed E-state index contributed by atoms with van der Waals surface area (Å²) >= 11 is 6.27. The molecule has 0 N–H and O–H groups in total. The van der Waals surface area contributed by atoms with Crippen LogP contribution in [0.1, 0.15) is 35.7 Å². The Morgan fingerprint density at radius 2 is 1.86 bits per heavy atom. The number of halogens is 2. The van der Waals surface area contributed by atoms with E-state index in [4.69, 9.17) is 16.3 Å². The van der Waals surface area contributed by atoms with Crippen LogP contribution in [-0.4, -0.2) is 13.4 Å². The number of carbonyl (C=O) groups is 1.